The zero-order valence-electron chi connectivity index (χ0n) is 16.9. The number of nitrogens with zero attached hydrogens (tertiary/aromatic N) is 2. The molecule has 1 atom stereocenters. The Morgan fingerprint density at radius 2 is 1.76 bits per heavy atom. The Labute approximate surface area is 172 Å². The molecule has 29 heavy (non-hydrogen) atoms. The van der Waals surface area contributed by atoms with Gasteiger partial charge in [0.1, 0.15) is 5.75 Å². The smallest absolute Gasteiger partial charge is 0.257 e. The predicted molar refractivity (Wildman–Crippen MR) is 110 cm³/mol. The molecule has 2 aromatic rings. The van der Waals surface area contributed by atoms with Crippen LogP contribution in [0.1, 0.15) is 22.3 Å². The highest BCUT2D eigenvalue weighted by molar-refractivity contribution is 5.97. The molecule has 154 valence electrons. The van der Waals surface area contributed by atoms with Crippen LogP contribution in [0, 0.1) is 0 Å². The highest BCUT2D eigenvalue weighted by atomic mass is 16.7. The quantitative estimate of drug-likeness (QED) is 0.796. The third kappa shape index (κ3) is 4.61. The van der Waals surface area contributed by atoms with Crippen LogP contribution in [0.2, 0.25) is 0 Å². The van der Waals surface area contributed by atoms with Crippen LogP contribution in [0.15, 0.2) is 54.6 Å². The molecule has 1 spiro atoms. The maximum Gasteiger partial charge on any atom is 0.257 e. The van der Waals surface area contributed by atoms with Gasteiger partial charge in [-0.3, -0.25) is 9.69 Å². The fraction of sp³-hybridized carbons (Fsp3) is 0.435. The van der Waals surface area contributed by atoms with Gasteiger partial charge in [-0.2, -0.15) is 0 Å². The monoisotopic (exact) mass is 396 g/mol. The normalized spacial score (nSPS) is 23.0. The van der Waals surface area contributed by atoms with E-state index in [1.165, 1.54) is 5.56 Å². The second-order valence-corrected chi connectivity index (χ2v) is 7.58. The van der Waals surface area contributed by atoms with Crippen LogP contribution < -0.4 is 4.74 Å². The number of methoxy groups -OCH3 is 1. The van der Waals surface area contributed by atoms with Crippen molar-refractivity contribution < 1.29 is 19.0 Å². The topological polar surface area (TPSA) is 51.2 Å². The van der Waals surface area contributed by atoms with Crippen LogP contribution in [0.25, 0.3) is 0 Å². The van der Waals surface area contributed by atoms with Crippen LogP contribution in [0.3, 0.4) is 0 Å². The summed E-state index contributed by atoms with van der Waals surface area (Å²) in [5.74, 6) is -0.251. The molecule has 0 saturated carbocycles. The van der Waals surface area contributed by atoms with E-state index in [1.54, 1.807) is 13.2 Å². The fourth-order valence-electron chi connectivity index (χ4n) is 4.09. The van der Waals surface area contributed by atoms with Gasteiger partial charge in [0.05, 0.1) is 39.0 Å². The average molecular weight is 396 g/mol. The van der Waals surface area contributed by atoms with Gasteiger partial charge < -0.3 is 19.1 Å². The third-order valence-corrected chi connectivity index (χ3v) is 5.48. The number of rotatable bonds is 4. The van der Waals surface area contributed by atoms with Crippen molar-refractivity contribution in [3.8, 4) is 5.75 Å². The SMILES string of the molecule is COc1ccccc1C(=O)N1CCOC2(CN(Cc3ccccc3)CCCO2)C1. The summed E-state index contributed by atoms with van der Waals surface area (Å²) >= 11 is 0. The lowest BCUT2D eigenvalue weighted by Gasteiger charge is -2.43. The molecule has 0 bridgehead atoms. The van der Waals surface area contributed by atoms with Gasteiger partial charge in [-0.1, -0.05) is 42.5 Å². The summed E-state index contributed by atoms with van der Waals surface area (Å²) < 4.78 is 17.7. The number of benzene rings is 2. The van der Waals surface area contributed by atoms with Crippen LogP contribution >= 0.6 is 0 Å². The molecule has 1 unspecified atom stereocenters. The summed E-state index contributed by atoms with van der Waals surface area (Å²) in [6, 6.07) is 17.8. The lowest BCUT2D eigenvalue weighted by atomic mass is 10.1. The Kier molecular flexibility index (Phi) is 6.13. The third-order valence-electron chi connectivity index (χ3n) is 5.48. The number of carbonyl (C=O) groups excluding carboxylic acids is 1. The van der Waals surface area contributed by atoms with Gasteiger partial charge in [0.15, 0.2) is 5.79 Å². The van der Waals surface area contributed by atoms with Gasteiger partial charge in [0.25, 0.3) is 5.91 Å². The number of carbonyl (C=O) groups is 1. The van der Waals surface area contributed by atoms with Crippen LogP contribution in [-0.2, 0) is 16.0 Å². The molecule has 0 N–H and O–H groups in total. The second kappa shape index (κ2) is 8.95. The number of ether oxygens (including phenoxy) is 3. The van der Waals surface area contributed by atoms with E-state index in [4.69, 9.17) is 14.2 Å². The van der Waals surface area contributed by atoms with Crippen molar-refractivity contribution in [1.82, 2.24) is 9.80 Å². The number of morpholine rings is 1. The Balaban J connectivity index is 1.50. The summed E-state index contributed by atoms with van der Waals surface area (Å²) in [5.41, 5.74) is 1.84. The van der Waals surface area contributed by atoms with Crippen LogP contribution in [-0.4, -0.2) is 68.0 Å². The average Bonchev–Trinajstić information content (AvgIpc) is 2.95. The van der Waals surface area contributed by atoms with E-state index < -0.39 is 5.79 Å². The van der Waals surface area contributed by atoms with Gasteiger partial charge in [0.2, 0.25) is 0 Å². The molecule has 2 aliphatic heterocycles. The molecule has 0 aromatic heterocycles. The van der Waals surface area contributed by atoms with Crippen molar-refractivity contribution >= 4 is 5.91 Å². The molecule has 4 rings (SSSR count). The van der Waals surface area contributed by atoms with Crippen molar-refractivity contribution in [3.05, 3.63) is 65.7 Å². The zero-order chi connectivity index (χ0) is 20.1. The Morgan fingerprint density at radius 1 is 1.00 bits per heavy atom. The number of para-hydroxylation sites is 1. The van der Waals surface area contributed by atoms with Crippen molar-refractivity contribution in [2.75, 3.05) is 46.5 Å². The first kappa shape index (κ1) is 19.9. The summed E-state index contributed by atoms with van der Waals surface area (Å²) in [6.07, 6.45) is 0.943. The molecule has 1 amide bonds. The first-order chi connectivity index (χ1) is 14.2. The predicted octanol–water partition coefficient (Wildman–Crippen LogP) is 2.79. The van der Waals surface area contributed by atoms with E-state index in [2.05, 4.69) is 29.2 Å². The minimum absolute atomic E-state index is 0.0485. The highest BCUT2D eigenvalue weighted by Gasteiger charge is 2.42. The molecule has 6 heteroatoms. The molecule has 6 nitrogen and oxygen atoms in total. The molecule has 2 saturated heterocycles. The number of hydrogen-bond donors (Lipinski definition) is 0. The standard InChI is InChI=1S/C23H28N2O4/c1-27-21-11-6-5-10-20(21)22(26)25-13-15-29-23(18-25)17-24(12-7-14-28-23)16-19-8-3-2-4-9-19/h2-6,8-11H,7,12-18H2,1H3. The molecular weight excluding hydrogens is 368 g/mol. The molecular formula is C23H28N2O4. The summed E-state index contributed by atoms with van der Waals surface area (Å²) in [4.78, 5) is 17.4. The summed E-state index contributed by atoms with van der Waals surface area (Å²) in [6.45, 7) is 4.46. The summed E-state index contributed by atoms with van der Waals surface area (Å²) in [5, 5.41) is 0. The Hall–Kier alpha value is -2.41. The zero-order valence-corrected chi connectivity index (χ0v) is 16.9. The van der Waals surface area contributed by atoms with Crippen LogP contribution in [0.4, 0.5) is 0 Å². The van der Waals surface area contributed by atoms with Crippen molar-refractivity contribution in [2.24, 2.45) is 0 Å². The number of amides is 1. The molecule has 2 fully saturated rings. The minimum atomic E-state index is -0.790. The number of hydrogen-bond acceptors (Lipinski definition) is 5. The second-order valence-electron chi connectivity index (χ2n) is 7.58. The Bertz CT molecular complexity index is 829. The largest absolute Gasteiger partial charge is 0.496 e. The lowest BCUT2D eigenvalue weighted by Crippen LogP contribution is -2.59. The van der Waals surface area contributed by atoms with Crippen molar-refractivity contribution in [3.63, 3.8) is 0 Å². The van der Waals surface area contributed by atoms with Gasteiger partial charge >= 0.3 is 0 Å². The lowest BCUT2D eigenvalue weighted by molar-refractivity contribution is -0.261. The Morgan fingerprint density at radius 3 is 2.59 bits per heavy atom. The van der Waals surface area contributed by atoms with E-state index in [9.17, 15) is 4.79 Å². The molecule has 0 radical (unpaired) electrons. The molecule has 2 aromatic carbocycles. The van der Waals surface area contributed by atoms with Gasteiger partial charge in [-0.25, -0.2) is 0 Å². The fourth-order valence-corrected chi connectivity index (χ4v) is 4.09. The van der Waals surface area contributed by atoms with Crippen molar-refractivity contribution in [2.45, 2.75) is 18.8 Å². The summed E-state index contributed by atoms with van der Waals surface area (Å²) in [7, 11) is 1.59. The minimum Gasteiger partial charge on any atom is -0.496 e. The maximum atomic E-state index is 13.2. The molecule has 2 aliphatic rings. The van der Waals surface area contributed by atoms with E-state index in [-0.39, 0.29) is 5.91 Å². The molecule has 0 aliphatic carbocycles. The van der Waals surface area contributed by atoms with E-state index >= 15 is 0 Å². The first-order valence-electron chi connectivity index (χ1n) is 10.2. The highest BCUT2D eigenvalue weighted by Crippen LogP contribution is 2.28. The van der Waals surface area contributed by atoms with Gasteiger partial charge in [0, 0.05) is 19.6 Å². The van der Waals surface area contributed by atoms with Crippen LogP contribution in [0.5, 0.6) is 5.75 Å². The molecule has 2 heterocycles. The van der Waals surface area contributed by atoms with Gasteiger partial charge in [-0.05, 0) is 24.1 Å². The maximum absolute atomic E-state index is 13.2. The van der Waals surface area contributed by atoms with Gasteiger partial charge in [-0.15, -0.1) is 0 Å². The van der Waals surface area contributed by atoms with Crippen molar-refractivity contribution in [1.29, 1.82) is 0 Å². The first-order valence-corrected chi connectivity index (χ1v) is 10.2. The van der Waals surface area contributed by atoms with E-state index in [1.807, 2.05) is 29.2 Å². The van der Waals surface area contributed by atoms with E-state index in [0.29, 0.717) is 44.2 Å². The van der Waals surface area contributed by atoms with E-state index in [0.717, 1.165) is 19.5 Å².